The molecule has 0 unspecified atom stereocenters. The van der Waals surface area contributed by atoms with Gasteiger partial charge in [-0.1, -0.05) is 52.5 Å². The van der Waals surface area contributed by atoms with Gasteiger partial charge in [-0.05, 0) is 67.9 Å². The van der Waals surface area contributed by atoms with Crippen molar-refractivity contribution in [2.75, 3.05) is 15.5 Å². The number of amides is 3. The average molecular weight is 598 g/mol. The van der Waals surface area contributed by atoms with Crippen molar-refractivity contribution in [1.82, 2.24) is 4.98 Å². The third kappa shape index (κ3) is 5.42. The molecule has 5 rings (SSSR count). The number of carbonyl (C=O) groups is 3. The fourth-order valence-electron chi connectivity index (χ4n) is 4.06. The maximum Gasteiger partial charge on any atom is 0.283 e. The van der Waals surface area contributed by atoms with Gasteiger partial charge in [-0.2, -0.15) is 0 Å². The highest BCUT2D eigenvalue weighted by Crippen LogP contribution is 2.34. The molecule has 3 amide bonds. The van der Waals surface area contributed by atoms with Crippen LogP contribution in [0.3, 0.4) is 0 Å². The van der Waals surface area contributed by atoms with Crippen LogP contribution in [0, 0.1) is 13.8 Å². The molecule has 0 saturated heterocycles. The number of halogens is 3. The Morgan fingerprint density at radius 3 is 2.36 bits per heavy atom. The number of thiazole rings is 1. The lowest BCUT2D eigenvalue weighted by molar-refractivity contribution is -0.120. The Bertz CT molecular complexity index is 1680. The number of nitrogens with zero attached hydrogens (tertiary/aromatic N) is 2. The normalized spacial score (nSPS) is 13.3. The number of carbonyl (C=O) groups excluding carboxylic acids is 3. The highest BCUT2D eigenvalue weighted by Gasteiger charge is 2.39. The molecule has 1 aromatic heterocycles. The van der Waals surface area contributed by atoms with Crippen molar-refractivity contribution >= 4 is 80.4 Å². The zero-order valence-electron chi connectivity index (χ0n) is 20.5. The van der Waals surface area contributed by atoms with Gasteiger partial charge in [-0.3, -0.25) is 19.7 Å². The van der Waals surface area contributed by atoms with Gasteiger partial charge >= 0.3 is 0 Å². The fourth-order valence-corrected chi connectivity index (χ4v) is 5.48. The first-order valence-corrected chi connectivity index (χ1v) is 13.6. The summed E-state index contributed by atoms with van der Waals surface area (Å²) < 4.78 is 0. The molecule has 0 atom stereocenters. The molecule has 39 heavy (non-hydrogen) atoms. The van der Waals surface area contributed by atoms with E-state index in [9.17, 15) is 14.4 Å². The number of anilines is 3. The van der Waals surface area contributed by atoms with Crippen LogP contribution in [0.15, 0.2) is 76.8 Å². The molecule has 4 aromatic rings. The molecule has 0 radical (unpaired) electrons. The largest absolute Gasteiger partial charge is 0.350 e. The Kier molecular flexibility index (Phi) is 7.46. The van der Waals surface area contributed by atoms with Crippen LogP contribution in [-0.2, 0) is 9.59 Å². The van der Waals surface area contributed by atoms with Crippen LogP contribution < -0.4 is 15.5 Å². The minimum absolute atomic E-state index is 0.0324. The summed E-state index contributed by atoms with van der Waals surface area (Å²) in [6.07, 6.45) is 0. The van der Waals surface area contributed by atoms with Crippen LogP contribution in [0.25, 0.3) is 11.3 Å². The van der Waals surface area contributed by atoms with Crippen molar-refractivity contribution in [3.63, 3.8) is 0 Å². The first-order valence-electron chi connectivity index (χ1n) is 11.6. The second kappa shape index (κ2) is 10.8. The Morgan fingerprint density at radius 2 is 1.67 bits per heavy atom. The van der Waals surface area contributed by atoms with E-state index in [4.69, 9.17) is 34.8 Å². The second-order valence-corrected chi connectivity index (χ2v) is 10.8. The lowest BCUT2D eigenvalue weighted by atomic mass is 10.1. The van der Waals surface area contributed by atoms with Gasteiger partial charge in [-0.25, -0.2) is 9.88 Å². The molecular weight excluding hydrogens is 579 g/mol. The predicted molar refractivity (Wildman–Crippen MR) is 157 cm³/mol. The molecule has 0 spiro atoms. The molecule has 1 aliphatic rings. The lowest BCUT2D eigenvalue weighted by Crippen LogP contribution is -2.32. The van der Waals surface area contributed by atoms with E-state index >= 15 is 0 Å². The Morgan fingerprint density at radius 1 is 0.923 bits per heavy atom. The molecule has 0 fully saturated rings. The average Bonchev–Trinajstić information content (AvgIpc) is 3.43. The molecule has 196 valence electrons. The molecule has 1 aliphatic heterocycles. The number of aryl methyl sites for hydroxylation is 2. The number of hydrogen-bond acceptors (Lipinski definition) is 6. The van der Waals surface area contributed by atoms with Gasteiger partial charge in [0.1, 0.15) is 10.7 Å². The summed E-state index contributed by atoms with van der Waals surface area (Å²) in [5, 5.41) is 8.66. The topological polar surface area (TPSA) is 91.4 Å². The molecule has 3 aromatic carbocycles. The zero-order chi connectivity index (χ0) is 27.8. The van der Waals surface area contributed by atoms with E-state index in [0.29, 0.717) is 43.4 Å². The minimum Gasteiger partial charge on any atom is -0.350 e. The maximum absolute atomic E-state index is 13.1. The molecule has 7 nitrogen and oxygen atoms in total. The fraction of sp³-hybridized carbons (Fsp3) is 0.0714. The molecule has 2 N–H and O–H groups in total. The van der Waals surface area contributed by atoms with Gasteiger partial charge in [0.2, 0.25) is 0 Å². The van der Waals surface area contributed by atoms with Crippen molar-refractivity contribution in [1.29, 1.82) is 0 Å². The van der Waals surface area contributed by atoms with E-state index in [1.165, 1.54) is 11.3 Å². The van der Waals surface area contributed by atoms with Crippen molar-refractivity contribution in [2.24, 2.45) is 0 Å². The monoisotopic (exact) mass is 596 g/mol. The van der Waals surface area contributed by atoms with Crippen LogP contribution in [0.4, 0.5) is 16.5 Å². The van der Waals surface area contributed by atoms with Crippen LogP contribution in [0.2, 0.25) is 10.0 Å². The van der Waals surface area contributed by atoms with Gasteiger partial charge in [0.15, 0.2) is 5.13 Å². The van der Waals surface area contributed by atoms with Crippen molar-refractivity contribution < 1.29 is 14.4 Å². The molecule has 0 aliphatic carbocycles. The van der Waals surface area contributed by atoms with E-state index in [1.807, 2.05) is 26.0 Å². The number of rotatable bonds is 6. The standard InChI is InChI=1S/C28H19Cl3N4O3S/c1-14-3-10-22(15(2)11-14)35-26(37)23(31)24(27(35)38)32-18-7-4-16(5-8-18)25(36)34-28-33-21(13-39-28)19-9-6-17(29)12-20(19)30/h3-13,32H,1-2H3,(H,33,34,36). The maximum atomic E-state index is 13.1. The summed E-state index contributed by atoms with van der Waals surface area (Å²) >= 11 is 19.7. The van der Waals surface area contributed by atoms with E-state index in [1.54, 1.807) is 53.9 Å². The third-order valence-electron chi connectivity index (χ3n) is 5.97. The second-order valence-electron chi connectivity index (χ2n) is 8.74. The lowest BCUT2D eigenvalue weighted by Gasteiger charge is -2.18. The number of imide groups is 1. The first kappa shape index (κ1) is 26.9. The zero-order valence-corrected chi connectivity index (χ0v) is 23.6. The van der Waals surface area contributed by atoms with E-state index in [0.717, 1.165) is 16.0 Å². The Hall–Kier alpha value is -3.69. The van der Waals surface area contributed by atoms with Gasteiger partial charge in [-0.15, -0.1) is 11.3 Å². The summed E-state index contributed by atoms with van der Waals surface area (Å²) in [4.78, 5) is 44.2. The van der Waals surface area contributed by atoms with Crippen LogP contribution in [-0.4, -0.2) is 22.7 Å². The van der Waals surface area contributed by atoms with Gasteiger partial charge in [0.05, 0.1) is 16.4 Å². The van der Waals surface area contributed by atoms with Crippen LogP contribution >= 0.6 is 46.1 Å². The molecule has 0 saturated carbocycles. The van der Waals surface area contributed by atoms with E-state index < -0.39 is 11.8 Å². The first-order chi connectivity index (χ1) is 18.6. The minimum atomic E-state index is -0.602. The molecule has 11 heteroatoms. The third-order valence-corrected chi connectivity index (χ3v) is 7.62. The van der Waals surface area contributed by atoms with Crippen molar-refractivity contribution in [2.45, 2.75) is 13.8 Å². The molecular formula is C28H19Cl3N4O3S. The number of hydrogen-bond donors (Lipinski definition) is 2. The van der Waals surface area contributed by atoms with Crippen LogP contribution in [0.5, 0.6) is 0 Å². The van der Waals surface area contributed by atoms with Crippen molar-refractivity contribution in [3.8, 4) is 11.3 Å². The summed E-state index contributed by atoms with van der Waals surface area (Å²) in [6, 6.07) is 16.9. The van der Waals surface area contributed by atoms with E-state index in [2.05, 4.69) is 15.6 Å². The highest BCUT2D eigenvalue weighted by atomic mass is 35.5. The smallest absolute Gasteiger partial charge is 0.283 e. The highest BCUT2D eigenvalue weighted by molar-refractivity contribution is 7.14. The van der Waals surface area contributed by atoms with Gasteiger partial charge in [0, 0.05) is 27.2 Å². The number of nitrogens with one attached hydrogen (secondary N) is 2. The van der Waals surface area contributed by atoms with Gasteiger partial charge in [0.25, 0.3) is 17.7 Å². The van der Waals surface area contributed by atoms with E-state index in [-0.39, 0.29) is 16.6 Å². The Balaban J connectivity index is 1.27. The summed E-state index contributed by atoms with van der Waals surface area (Å²) in [6.45, 7) is 3.75. The number of aromatic nitrogens is 1. The van der Waals surface area contributed by atoms with Gasteiger partial charge < -0.3 is 5.32 Å². The summed E-state index contributed by atoms with van der Waals surface area (Å²) in [7, 11) is 0. The number of benzene rings is 3. The summed E-state index contributed by atoms with van der Waals surface area (Å²) in [5.41, 5.74) is 4.41. The quantitative estimate of drug-likeness (QED) is 0.226. The SMILES string of the molecule is Cc1ccc(N2C(=O)C(Cl)=C(Nc3ccc(C(=O)Nc4nc(-c5ccc(Cl)cc5Cl)cs4)cc3)C2=O)c(C)c1. The molecule has 2 heterocycles. The summed E-state index contributed by atoms with van der Waals surface area (Å²) in [5.74, 6) is -1.52. The molecule has 0 bridgehead atoms. The van der Waals surface area contributed by atoms with Crippen LogP contribution in [0.1, 0.15) is 21.5 Å². The van der Waals surface area contributed by atoms with Crippen molar-refractivity contribution in [3.05, 3.63) is 104 Å². The predicted octanol–water partition coefficient (Wildman–Crippen LogP) is 7.42. The Labute approximate surface area is 243 Å².